The molecule has 22 heavy (non-hydrogen) atoms. The lowest BCUT2D eigenvalue weighted by molar-refractivity contribution is 0.0428. The molecule has 0 bridgehead atoms. The SMILES string of the molecule is Cc1ccc(C)c(OCC(O)CN2CCCC(CO)C2)c1C. The van der Waals surface area contributed by atoms with E-state index in [9.17, 15) is 10.2 Å². The lowest BCUT2D eigenvalue weighted by Crippen LogP contribution is -2.42. The molecule has 0 aliphatic carbocycles. The molecule has 2 atom stereocenters. The minimum atomic E-state index is -0.503. The number of ether oxygens (including phenoxy) is 1. The van der Waals surface area contributed by atoms with Crippen molar-refractivity contribution in [2.24, 2.45) is 5.92 Å². The van der Waals surface area contributed by atoms with Gasteiger partial charge in [-0.05, 0) is 62.8 Å². The summed E-state index contributed by atoms with van der Waals surface area (Å²) in [7, 11) is 0. The van der Waals surface area contributed by atoms with Crippen molar-refractivity contribution in [2.75, 3.05) is 32.8 Å². The average Bonchev–Trinajstić information content (AvgIpc) is 2.51. The number of aliphatic hydroxyl groups is 2. The number of aryl methyl sites for hydroxylation is 2. The Hall–Kier alpha value is -1.10. The monoisotopic (exact) mass is 307 g/mol. The van der Waals surface area contributed by atoms with Gasteiger partial charge in [0.05, 0.1) is 0 Å². The van der Waals surface area contributed by atoms with Crippen LogP contribution in [0.25, 0.3) is 0 Å². The van der Waals surface area contributed by atoms with Crippen LogP contribution in [0.5, 0.6) is 5.75 Å². The van der Waals surface area contributed by atoms with Gasteiger partial charge in [0.25, 0.3) is 0 Å². The van der Waals surface area contributed by atoms with Gasteiger partial charge in [-0.25, -0.2) is 0 Å². The summed E-state index contributed by atoms with van der Waals surface area (Å²) < 4.78 is 5.88. The Balaban J connectivity index is 1.85. The highest BCUT2D eigenvalue weighted by Gasteiger charge is 2.21. The molecule has 0 amide bonds. The zero-order valence-electron chi connectivity index (χ0n) is 14.0. The van der Waals surface area contributed by atoms with Crippen molar-refractivity contribution < 1.29 is 14.9 Å². The minimum Gasteiger partial charge on any atom is -0.490 e. The fraction of sp³-hybridized carbons (Fsp3) is 0.667. The topological polar surface area (TPSA) is 52.9 Å². The van der Waals surface area contributed by atoms with Crippen LogP contribution in [-0.2, 0) is 0 Å². The molecule has 0 aromatic heterocycles. The van der Waals surface area contributed by atoms with Gasteiger partial charge in [-0.2, -0.15) is 0 Å². The van der Waals surface area contributed by atoms with Crippen molar-refractivity contribution in [3.63, 3.8) is 0 Å². The van der Waals surface area contributed by atoms with Gasteiger partial charge in [0.1, 0.15) is 18.5 Å². The highest BCUT2D eigenvalue weighted by atomic mass is 16.5. The summed E-state index contributed by atoms with van der Waals surface area (Å²) in [6.45, 7) is 9.19. The first kappa shape index (κ1) is 17.3. The third kappa shape index (κ3) is 4.45. The summed E-state index contributed by atoms with van der Waals surface area (Å²) in [4.78, 5) is 2.23. The number of likely N-dealkylation sites (tertiary alicyclic amines) is 1. The van der Waals surface area contributed by atoms with E-state index in [4.69, 9.17) is 4.74 Å². The lowest BCUT2D eigenvalue weighted by Gasteiger charge is -2.33. The average molecular weight is 307 g/mol. The molecule has 1 aliphatic heterocycles. The van der Waals surface area contributed by atoms with Crippen molar-refractivity contribution in [3.05, 3.63) is 28.8 Å². The van der Waals surface area contributed by atoms with Gasteiger partial charge in [-0.1, -0.05) is 12.1 Å². The van der Waals surface area contributed by atoms with Gasteiger partial charge in [-0.3, -0.25) is 0 Å². The molecule has 4 nitrogen and oxygen atoms in total. The Morgan fingerprint density at radius 1 is 1.27 bits per heavy atom. The van der Waals surface area contributed by atoms with Crippen LogP contribution in [0.4, 0.5) is 0 Å². The molecular formula is C18H29NO3. The van der Waals surface area contributed by atoms with Crippen molar-refractivity contribution in [1.82, 2.24) is 4.90 Å². The van der Waals surface area contributed by atoms with Crippen molar-refractivity contribution in [1.29, 1.82) is 0 Å². The Bertz CT molecular complexity index is 489. The Morgan fingerprint density at radius 3 is 2.73 bits per heavy atom. The maximum Gasteiger partial charge on any atom is 0.125 e. The summed E-state index contributed by atoms with van der Waals surface area (Å²) in [5, 5.41) is 19.5. The lowest BCUT2D eigenvalue weighted by atomic mass is 9.99. The van der Waals surface area contributed by atoms with Crippen molar-refractivity contribution in [2.45, 2.75) is 39.7 Å². The van der Waals surface area contributed by atoms with Crippen LogP contribution in [0, 0.1) is 26.7 Å². The zero-order chi connectivity index (χ0) is 16.1. The van der Waals surface area contributed by atoms with Crippen LogP contribution in [0.2, 0.25) is 0 Å². The Labute approximate surface area is 133 Å². The first-order valence-corrected chi connectivity index (χ1v) is 8.22. The van der Waals surface area contributed by atoms with Crippen LogP contribution in [-0.4, -0.2) is 54.1 Å². The first-order chi connectivity index (χ1) is 10.5. The second-order valence-electron chi connectivity index (χ2n) is 6.57. The van der Waals surface area contributed by atoms with Gasteiger partial charge < -0.3 is 19.8 Å². The standard InChI is InChI=1S/C18H29NO3/c1-13-6-7-14(2)18(15(13)3)22-12-17(21)10-19-8-4-5-16(9-19)11-20/h6-7,16-17,20-21H,4-5,8-12H2,1-3H3. The van der Waals surface area contributed by atoms with Crippen molar-refractivity contribution in [3.8, 4) is 5.75 Å². The number of nitrogens with zero attached hydrogens (tertiary/aromatic N) is 1. The molecule has 1 aromatic rings. The van der Waals surface area contributed by atoms with E-state index in [0.29, 0.717) is 19.1 Å². The fourth-order valence-corrected chi connectivity index (χ4v) is 3.14. The third-order valence-corrected chi connectivity index (χ3v) is 4.62. The second kappa shape index (κ2) is 7.95. The molecule has 1 aliphatic rings. The number of β-amino-alcohol motifs (C(OH)–C–C–N with tert-alkyl or cyclic N) is 1. The van der Waals surface area contributed by atoms with Crippen LogP contribution in [0.15, 0.2) is 12.1 Å². The van der Waals surface area contributed by atoms with E-state index in [1.165, 1.54) is 5.56 Å². The molecule has 1 saturated heterocycles. The maximum absolute atomic E-state index is 10.2. The van der Waals surface area contributed by atoms with E-state index in [1.54, 1.807) is 0 Å². The molecule has 0 saturated carbocycles. The smallest absolute Gasteiger partial charge is 0.125 e. The first-order valence-electron chi connectivity index (χ1n) is 8.22. The van der Waals surface area contributed by atoms with E-state index in [2.05, 4.69) is 30.9 Å². The molecule has 1 fully saturated rings. The van der Waals surface area contributed by atoms with Crippen molar-refractivity contribution >= 4 is 0 Å². The summed E-state index contributed by atoms with van der Waals surface area (Å²) in [6, 6.07) is 4.15. The number of aliphatic hydroxyl groups excluding tert-OH is 2. The number of rotatable bonds is 6. The number of benzene rings is 1. The number of hydrogen-bond acceptors (Lipinski definition) is 4. The molecule has 1 heterocycles. The molecular weight excluding hydrogens is 278 g/mol. The summed E-state index contributed by atoms with van der Waals surface area (Å²) in [5.74, 6) is 1.24. The van der Waals surface area contributed by atoms with Gasteiger partial charge in [0.15, 0.2) is 0 Å². The summed E-state index contributed by atoms with van der Waals surface area (Å²) in [5.41, 5.74) is 3.45. The second-order valence-corrected chi connectivity index (χ2v) is 6.57. The number of hydrogen-bond donors (Lipinski definition) is 2. The molecule has 1 aromatic carbocycles. The summed E-state index contributed by atoms with van der Waals surface area (Å²) >= 11 is 0. The minimum absolute atomic E-state index is 0.241. The van der Waals surface area contributed by atoms with E-state index >= 15 is 0 Å². The van der Waals surface area contributed by atoms with Gasteiger partial charge in [0, 0.05) is 19.7 Å². The highest BCUT2D eigenvalue weighted by molar-refractivity contribution is 5.44. The molecule has 4 heteroatoms. The van der Waals surface area contributed by atoms with Gasteiger partial charge in [-0.15, -0.1) is 0 Å². The van der Waals surface area contributed by atoms with Crippen LogP contribution in [0.1, 0.15) is 29.5 Å². The van der Waals surface area contributed by atoms with Crippen LogP contribution >= 0.6 is 0 Å². The van der Waals surface area contributed by atoms with E-state index < -0.39 is 6.10 Å². The highest BCUT2D eigenvalue weighted by Crippen LogP contribution is 2.26. The van der Waals surface area contributed by atoms with E-state index in [-0.39, 0.29) is 6.61 Å². The van der Waals surface area contributed by atoms with Crippen LogP contribution in [0.3, 0.4) is 0 Å². The third-order valence-electron chi connectivity index (χ3n) is 4.62. The molecule has 2 N–H and O–H groups in total. The number of piperidine rings is 1. The van der Waals surface area contributed by atoms with Gasteiger partial charge >= 0.3 is 0 Å². The van der Waals surface area contributed by atoms with Gasteiger partial charge in [0.2, 0.25) is 0 Å². The molecule has 0 radical (unpaired) electrons. The molecule has 2 rings (SSSR count). The van der Waals surface area contributed by atoms with E-state index in [0.717, 1.165) is 42.8 Å². The quantitative estimate of drug-likeness (QED) is 0.844. The largest absolute Gasteiger partial charge is 0.490 e. The van der Waals surface area contributed by atoms with E-state index in [1.807, 2.05) is 6.92 Å². The van der Waals surface area contributed by atoms with Crippen LogP contribution < -0.4 is 4.74 Å². The maximum atomic E-state index is 10.2. The Kier molecular flexibility index (Phi) is 6.24. The molecule has 0 spiro atoms. The predicted octanol–water partition coefficient (Wildman–Crippen LogP) is 2.06. The Morgan fingerprint density at radius 2 is 2.00 bits per heavy atom. The predicted molar refractivity (Wildman–Crippen MR) is 88.4 cm³/mol. The summed E-state index contributed by atoms with van der Waals surface area (Å²) in [6.07, 6.45) is 1.67. The molecule has 124 valence electrons. The zero-order valence-corrected chi connectivity index (χ0v) is 14.0. The molecule has 2 unspecified atom stereocenters. The fourth-order valence-electron chi connectivity index (χ4n) is 3.14. The normalized spacial score (nSPS) is 20.9.